The van der Waals surface area contributed by atoms with Gasteiger partial charge in [-0.3, -0.25) is 0 Å². The molecule has 1 heterocycles. The Balaban J connectivity index is 2.44. The molecule has 3 heteroatoms. The van der Waals surface area contributed by atoms with E-state index in [1.54, 1.807) is 7.11 Å². The van der Waals surface area contributed by atoms with Gasteiger partial charge in [-0.05, 0) is 13.8 Å². The van der Waals surface area contributed by atoms with E-state index in [9.17, 15) is 0 Å². The Morgan fingerprint density at radius 3 is 2.29 bits per heavy atom. The molecule has 0 aromatic carbocycles. The summed E-state index contributed by atoms with van der Waals surface area (Å²) in [5.41, 5.74) is 0. The minimum atomic E-state index is -0.0157. The largest absolute Gasteiger partial charge is 0.351 e. The van der Waals surface area contributed by atoms with Crippen LogP contribution in [0.1, 0.15) is 26.7 Å². The molecule has 0 spiro atoms. The van der Waals surface area contributed by atoms with Gasteiger partial charge in [0, 0.05) is 26.6 Å². The molecule has 1 unspecified atom stereocenters. The third-order valence-corrected chi connectivity index (χ3v) is 3.34. The lowest BCUT2D eigenvalue weighted by Crippen LogP contribution is -2.50. The van der Waals surface area contributed by atoms with Gasteiger partial charge in [0.05, 0.1) is 19.6 Å². The van der Waals surface area contributed by atoms with E-state index in [2.05, 4.69) is 6.92 Å². The molecule has 1 rings (SSSR count). The van der Waals surface area contributed by atoms with E-state index in [1.807, 2.05) is 6.92 Å². The number of hydrogen-bond acceptors (Lipinski definition) is 2. The third-order valence-electron chi connectivity index (χ3n) is 3.34. The second kappa shape index (κ2) is 5.69. The lowest BCUT2D eigenvalue weighted by atomic mass is 10.4. The Morgan fingerprint density at radius 1 is 1.21 bits per heavy atom. The molecule has 1 fully saturated rings. The molecule has 0 bridgehead atoms. The van der Waals surface area contributed by atoms with E-state index in [-0.39, 0.29) is 6.29 Å². The molecule has 0 saturated carbocycles. The summed E-state index contributed by atoms with van der Waals surface area (Å²) >= 11 is 0. The van der Waals surface area contributed by atoms with Gasteiger partial charge >= 0.3 is 0 Å². The molecule has 14 heavy (non-hydrogen) atoms. The Labute approximate surface area is 87.6 Å². The van der Waals surface area contributed by atoms with Crippen LogP contribution >= 0.6 is 0 Å². The standard InChI is InChI=1S/C11H24NO2/c1-4-12(8-6-7-9-12)10-11(13-3)14-5-2/h11H,4-10H2,1-3H3/q+1. The van der Waals surface area contributed by atoms with Crippen LogP contribution in [0.2, 0.25) is 0 Å². The molecule has 0 aliphatic carbocycles. The second-order valence-corrected chi connectivity index (χ2v) is 4.12. The molecular weight excluding hydrogens is 178 g/mol. The zero-order valence-corrected chi connectivity index (χ0v) is 9.79. The summed E-state index contributed by atoms with van der Waals surface area (Å²) in [6, 6.07) is 0. The minimum absolute atomic E-state index is 0.0157. The molecule has 1 atom stereocenters. The molecule has 84 valence electrons. The number of methoxy groups -OCH3 is 1. The summed E-state index contributed by atoms with van der Waals surface area (Å²) in [6.45, 7) is 9.83. The van der Waals surface area contributed by atoms with Crippen molar-refractivity contribution >= 4 is 0 Å². The zero-order chi connectivity index (χ0) is 10.4. The molecule has 1 saturated heterocycles. The molecule has 0 N–H and O–H groups in total. The first-order chi connectivity index (χ1) is 6.76. The predicted octanol–water partition coefficient (Wildman–Crippen LogP) is 1.63. The zero-order valence-electron chi connectivity index (χ0n) is 9.79. The van der Waals surface area contributed by atoms with E-state index >= 15 is 0 Å². The van der Waals surface area contributed by atoms with Crippen LogP contribution in [0, 0.1) is 0 Å². The fourth-order valence-electron chi connectivity index (χ4n) is 2.33. The van der Waals surface area contributed by atoms with Gasteiger partial charge in [-0.25, -0.2) is 0 Å². The van der Waals surface area contributed by atoms with Gasteiger partial charge in [0.15, 0.2) is 0 Å². The molecule has 1 aliphatic rings. The van der Waals surface area contributed by atoms with E-state index in [4.69, 9.17) is 9.47 Å². The van der Waals surface area contributed by atoms with E-state index in [1.165, 1.54) is 37.0 Å². The van der Waals surface area contributed by atoms with Crippen LogP contribution in [0.15, 0.2) is 0 Å². The maximum Gasteiger partial charge on any atom is 0.207 e. The average molecular weight is 202 g/mol. The van der Waals surface area contributed by atoms with E-state index in [0.29, 0.717) is 0 Å². The summed E-state index contributed by atoms with van der Waals surface area (Å²) in [5.74, 6) is 0. The van der Waals surface area contributed by atoms with Crippen molar-refractivity contribution < 1.29 is 14.0 Å². The van der Waals surface area contributed by atoms with Gasteiger partial charge in [-0.2, -0.15) is 0 Å². The number of likely N-dealkylation sites (N-methyl/N-ethyl adjacent to an activating group) is 1. The Morgan fingerprint density at radius 2 is 1.86 bits per heavy atom. The van der Waals surface area contributed by atoms with Gasteiger partial charge < -0.3 is 14.0 Å². The molecule has 0 radical (unpaired) electrons. The smallest absolute Gasteiger partial charge is 0.207 e. The maximum atomic E-state index is 5.54. The normalized spacial score (nSPS) is 22.5. The first-order valence-electron chi connectivity index (χ1n) is 5.76. The van der Waals surface area contributed by atoms with Crippen molar-refractivity contribution in [2.45, 2.75) is 33.0 Å². The van der Waals surface area contributed by atoms with Crippen LogP contribution < -0.4 is 0 Å². The summed E-state index contributed by atoms with van der Waals surface area (Å²) in [6.07, 6.45) is 2.70. The quantitative estimate of drug-likeness (QED) is 0.481. The first-order valence-corrected chi connectivity index (χ1v) is 5.76. The fourth-order valence-corrected chi connectivity index (χ4v) is 2.33. The topological polar surface area (TPSA) is 18.5 Å². The van der Waals surface area contributed by atoms with Crippen LogP contribution in [0.5, 0.6) is 0 Å². The Kier molecular flexibility index (Phi) is 4.85. The second-order valence-electron chi connectivity index (χ2n) is 4.12. The molecular formula is C11H24NO2+. The third kappa shape index (κ3) is 2.94. The SMILES string of the molecule is CCOC(C[N+]1(CC)CCCC1)OC. The number of quaternary nitrogens is 1. The molecule has 0 aromatic heterocycles. The van der Waals surface area contributed by atoms with Crippen LogP contribution in [-0.4, -0.2) is 50.7 Å². The lowest BCUT2D eigenvalue weighted by molar-refractivity contribution is -0.920. The van der Waals surface area contributed by atoms with Crippen molar-refractivity contribution in [2.75, 3.05) is 39.9 Å². The van der Waals surface area contributed by atoms with E-state index in [0.717, 1.165) is 13.2 Å². The molecule has 3 nitrogen and oxygen atoms in total. The lowest BCUT2D eigenvalue weighted by Gasteiger charge is -2.35. The minimum Gasteiger partial charge on any atom is -0.351 e. The Hall–Kier alpha value is -0.120. The number of rotatable bonds is 6. The molecule has 1 aliphatic heterocycles. The summed E-state index contributed by atoms with van der Waals surface area (Å²) in [7, 11) is 1.74. The van der Waals surface area contributed by atoms with Gasteiger partial charge in [0.1, 0.15) is 6.54 Å². The highest BCUT2D eigenvalue weighted by atomic mass is 16.7. The number of nitrogens with zero attached hydrogens (tertiary/aromatic N) is 1. The Bertz CT molecular complexity index is 155. The number of ether oxygens (including phenoxy) is 2. The van der Waals surface area contributed by atoms with Gasteiger partial charge in [-0.1, -0.05) is 0 Å². The van der Waals surface area contributed by atoms with E-state index < -0.39 is 0 Å². The van der Waals surface area contributed by atoms with Crippen molar-refractivity contribution in [1.82, 2.24) is 0 Å². The van der Waals surface area contributed by atoms with Crippen molar-refractivity contribution in [2.24, 2.45) is 0 Å². The van der Waals surface area contributed by atoms with Crippen LogP contribution in [-0.2, 0) is 9.47 Å². The summed E-state index contributed by atoms with van der Waals surface area (Å²) in [5, 5.41) is 0. The van der Waals surface area contributed by atoms with Crippen LogP contribution in [0.25, 0.3) is 0 Å². The van der Waals surface area contributed by atoms with Crippen LogP contribution in [0.3, 0.4) is 0 Å². The highest BCUT2D eigenvalue weighted by Gasteiger charge is 2.33. The van der Waals surface area contributed by atoms with Crippen molar-refractivity contribution in [3.05, 3.63) is 0 Å². The number of hydrogen-bond donors (Lipinski definition) is 0. The fraction of sp³-hybridized carbons (Fsp3) is 1.00. The molecule has 0 aromatic rings. The van der Waals surface area contributed by atoms with Gasteiger partial charge in [0.25, 0.3) is 0 Å². The highest BCUT2D eigenvalue weighted by Crippen LogP contribution is 2.20. The first kappa shape index (κ1) is 12.0. The average Bonchev–Trinajstić information content (AvgIpc) is 2.66. The molecule has 0 amide bonds. The maximum absolute atomic E-state index is 5.54. The summed E-state index contributed by atoms with van der Waals surface area (Å²) in [4.78, 5) is 0. The predicted molar refractivity (Wildman–Crippen MR) is 57.1 cm³/mol. The van der Waals surface area contributed by atoms with Crippen LogP contribution in [0.4, 0.5) is 0 Å². The van der Waals surface area contributed by atoms with Gasteiger partial charge in [0.2, 0.25) is 6.29 Å². The van der Waals surface area contributed by atoms with Crippen molar-refractivity contribution in [3.63, 3.8) is 0 Å². The van der Waals surface area contributed by atoms with Crippen molar-refractivity contribution in [1.29, 1.82) is 0 Å². The highest BCUT2D eigenvalue weighted by molar-refractivity contribution is 4.55. The van der Waals surface area contributed by atoms with Gasteiger partial charge in [-0.15, -0.1) is 0 Å². The monoisotopic (exact) mass is 202 g/mol. The number of likely N-dealkylation sites (tertiary alicyclic amines) is 1. The van der Waals surface area contributed by atoms with Crippen molar-refractivity contribution in [3.8, 4) is 0 Å². The summed E-state index contributed by atoms with van der Waals surface area (Å²) < 4.78 is 12.1.